The summed E-state index contributed by atoms with van der Waals surface area (Å²) in [6, 6.07) is 0. The van der Waals surface area contributed by atoms with Crippen LogP contribution in [0.3, 0.4) is 0 Å². The van der Waals surface area contributed by atoms with Gasteiger partial charge in [-0.3, -0.25) is 0 Å². The quantitative estimate of drug-likeness (QED) is 0.392. The van der Waals surface area contributed by atoms with Crippen LogP contribution in [0.15, 0.2) is 47.5 Å². The largest absolute Gasteiger partial charge is 0.138 e. The van der Waals surface area contributed by atoms with Crippen LogP contribution in [-0.2, 0) is 0 Å². The molecule has 0 amide bonds. The van der Waals surface area contributed by atoms with Gasteiger partial charge in [-0.2, -0.15) is 0 Å². The number of hydrogen-bond acceptors (Lipinski definition) is 0. The summed E-state index contributed by atoms with van der Waals surface area (Å²) in [5.74, 6) is 0. The molecule has 2 aliphatic rings. The zero-order valence-corrected chi connectivity index (χ0v) is 13.1. The monoisotopic (exact) mass is 254 g/mol. The summed E-state index contributed by atoms with van der Waals surface area (Å²) in [7, 11) is 2.07. The van der Waals surface area contributed by atoms with E-state index < -0.39 is 0 Å². The van der Waals surface area contributed by atoms with Crippen LogP contribution in [0, 0.1) is 10.8 Å². The van der Waals surface area contributed by atoms with E-state index in [0.717, 1.165) is 11.9 Å². The minimum Gasteiger partial charge on any atom is -0.105 e. The lowest BCUT2D eigenvalue weighted by Crippen LogP contribution is -2.20. The Balaban J connectivity index is 2.40. The van der Waals surface area contributed by atoms with E-state index in [1.807, 2.05) is 0 Å². The second-order valence-corrected chi connectivity index (χ2v) is 6.97. The van der Waals surface area contributed by atoms with Gasteiger partial charge in [-0.15, -0.1) is 6.58 Å². The Labute approximate surface area is 119 Å². The van der Waals surface area contributed by atoms with E-state index in [4.69, 9.17) is 0 Å². The van der Waals surface area contributed by atoms with Crippen LogP contribution < -0.4 is 0 Å². The van der Waals surface area contributed by atoms with E-state index in [9.17, 15) is 0 Å². The number of allylic oxidation sites excluding steroid dienone is 6. The van der Waals surface area contributed by atoms with Crippen molar-refractivity contribution in [2.75, 3.05) is 0 Å². The fourth-order valence-corrected chi connectivity index (χ4v) is 3.84. The van der Waals surface area contributed by atoms with Crippen LogP contribution in [0.1, 0.15) is 52.9 Å². The molecule has 0 bridgehead atoms. The lowest BCUT2D eigenvalue weighted by molar-refractivity contribution is 0.343. The van der Waals surface area contributed by atoms with Crippen LogP contribution in [0.25, 0.3) is 0 Å². The minimum atomic E-state index is 0.383. The third-order valence-electron chi connectivity index (χ3n) is 5.34. The summed E-state index contributed by atoms with van der Waals surface area (Å²) in [4.78, 5) is 0. The third kappa shape index (κ3) is 2.40. The van der Waals surface area contributed by atoms with Crippen molar-refractivity contribution < 1.29 is 0 Å². The average molecular weight is 254 g/mol. The van der Waals surface area contributed by atoms with E-state index in [1.54, 1.807) is 5.57 Å². The zero-order chi connectivity index (χ0) is 14.3. The molecule has 0 spiro atoms. The first kappa shape index (κ1) is 14.4. The van der Waals surface area contributed by atoms with Crippen molar-refractivity contribution in [3.05, 3.63) is 47.5 Å². The predicted molar refractivity (Wildman–Crippen MR) is 88.0 cm³/mol. The summed E-state index contributed by atoms with van der Waals surface area (Å²) >= 11 is 0. The van der Waals surface area contributed by atoms with Crippen LogP contribution >= 0.6 is 0 Å². The van der Waals surface area contributed by atoms with Crippen LogP contribution in [-0.4, -0.2) is 7.85 Å². The van der Waals surface area contributed by atoms with Crippen LogP contribution in [0.4, 0.5) is 0 Å². The Bertz CT molecular complexity index is 480. The number of rotatable bonds is 4. The van der Waals surface area contributed by atoms with E-state index in [1.165, 1.54) is 36.8 Å². The number of hydrogen-bond donors (Lipinski definition) is 0. The fraction of sp³-hybridized carbons (Fsp3) is 0.556. The highest BCUT2D eigenvalue weighted by Gasteiger charge is 2.66. The lowest BCUT2D eigenvalue weighted by Gasteiger charge is -2.32. The van der Waals surface area contributed by atoms with E-state index in [-0.39, 0.29) is 0 Å². The van der Waals surface area contributed by atoms with Gasteiger partial charge in [0.1, 0.15) is 7.85 Å². The summed E-state index contributed by atoms with van der Waals surface area (Å²) in [5, 5.41) is 0. The molecule has 2 aliphatic carbocycles. The highest BCUT2D eigenvalue weighted by atomic mass is 14.7. The molecular formula is C18H27B. The van der Waals surface area contributed by atoms with Crippen molar-refractivity contribution in [1.29, 1.82) is 0 Å². The molecule has 0 nitrogen and oxygen atoms in total. The molecule has 0 radical (unpaired) electrons. The SMILES string of the molecule is BC(=C)/C=C\C(=C(\C)CC)C12CC(=C)CCC1(C)C2. The Morgan fingerprint density at radius 2 is 2.11 bits per heavy atom. The standard InChI is InChI=1S/C18H27B/c1-6-14(3)16(8-7-15(4)19)18-11-13(2)9-10-17(18,5)12-18/h7-8H,2,4,6,9-12,19H2,1,3,5H3/b8-7-,16-14+. The van der Waals surface area contributed by atoms with Crippen molar-refractivity contribution >= 4 is 7.85 Å². The highest BCUT2D eigenvalue weighted by molar-refractivity contribution is 6.23. The Morgan fingerprint density at radius 1 is 1.42 bits per heavy atom. The van der Waals surface area contributed by atoms with Crippen molar-refractivity contribution in [3.8, 4) is 0 Å². The van der Waals surface area contributed by atoms with Gasteiger partial charge >= 0.3 is 0 Å². The maximum atomic E-state index is 4.27. The molecule has 0 aromatic rings. The van der Waals surface area contributed by atoms with Gasteiger partial charge in [0.15, 0.2) is 0 Å². The van der Waals surface area contributed by atoms with Gasteiger partial charge in [0, 0.05) is 5.41 Å². The molecule has 2 unspecified atom stereocenters. The van der Waals surface area contributed by atoms with Gasteiger partial charge in [-0.05, 0) is 50.0 Å². The normalized spacial score (nSPS) is 35.0. The van der Waals surface area contributed by atoms with Crippen molar-refractivity contribution in [3.63, 3.8) is 0 Å². The summed E-state index contributed by atoms with van der Waals surface area (Å²) < 4.78 is 0. The van der Waals surface area contributed by atoms with Gasteiger partial charge < -0.3 is 0 Å². The molecule has 0 N–H and O–H groups in total. The van der Waals surface area contributed by atoms with Crippen molar-refractivity contribution in [2.24, 2.45) is 10.8 Å². The van der Waals surface area contributed by atoms with Gasteiger partial charge in [0.2, 0.25) is 0 Å². The molecule has 0 aliphatic heterocycles. The first-order valence-corrected chi connectivity index (χ1v) is 7.55. The summed E-state index contributed by atoms with van der Waals surface area (Å²) in [6.45, 7) is 15.3. The smallest absolute Gasteiger partial charge is 0.105 e. The van der Waals surface area contributed by atoms with E-state index in [0.29, 0.717) is 10.8 Å². The number of fused-ring (bicyclic) bond motifs is 1. The van der Waals surface area contributed by atoms with E-state index in [2.05, 4.69) is 53.9 Å². The molecule has 102 valence electrons. The molecule has 0 aromatic heterocycles. The lowest BCUT2D eigenvalue weighted by atomic mass is 9.72. The first-order chi connectivity index (χ1) is 8.84. The first-order valence-electron chi connectivity index (χ1n) is 7.55. The molecule has 2 atom stereocenters. The topological polar surface area (TPSA) is 0 Å². The van der Waals surface area contributed by atoms with Gasteiger partial charge in [0.05, 0.1) is 0 Å². The van der Waals surface area contributed by atoms with Crippen molar-refractivity contribution in [1.82, 2.24) is 0 Å². The zero-order valence-electron chi connectivity index (χ0n) is 13.1. The molecule has 19 heavy (non-hydrogen) atoms. The molecule has 0 saturated heterocycles. The van der Waals surface area contributed by atoms with Gasteiger partial charge in [0.25, 0.3) is 0 Å². The van der Waals surface area contributed by atoms with Gasteiger partial charge in [-0.25, -0.2) is 0 Å². The average Bonchev–Trinajstić information content (AvgIpc) is 2.94. The molecule has 0 heterocycles. The predicted octanol–water partition coefficient (Wildman–Crippen LogP) is 4.55. The second kappa shape index (κ2) is 4.85. The van der Waals surface area contributed by atoms with Crippen molar-refractivity contribution in [2.45, 2.75) is 52.9 Å². The molecule has 2 fully saturated rings. The molecule has 2 saturated carbocycles. The minimum absolute atomic E-state index is 0.383. The molecule has 0 aromatic carbocycles. The summed E-state index contributed by atoms with van der Waals surface area (Å²) in [5.41, 5.74) is 6.58. The maximum absolute atomic E-state index is 4.27. The Kier molecular flexibility index (Phi) is 3.68. The van der Waals surface area contributed by atoms with Gasteiger partial charge in [-0.1, -0.05) is 49.2 Å². The Morgan fingerprint density at radius 3 is 2.68 bits per heavy atom. The van der Waals surface area contributed by atoms with Crippen LogP contribution in [0.2, 0.25) is 0 Å². The highest BCUT2D eigenvalue weighted by Crippen LogP contribution is 2.75. The fourth-order valence-electron chi connectivity index (χ4n) is 3.84. The third-order valence-corrected chi connectivity index (χ3v) is 5.34. The summed E-state index contributed by atoms with van der Waals surface area (Å²) in [6.07, 6.45) is 10.7. The van der Waals surface area contributed by atoms with Crippen LogP contribution in [0.5, 0.6) is 0 Å². The second-order valence-electron chi connectivity index (χ2n) is 6.97. The Hall–Kier alpha value is -0.975. The molecule has 2 rings (SSSR count). The molecule has 1 heteroatoms. The molecular weight excluding hydrogens is 227 g/mol. The van der Waals surface area contributed by atoms with E-state index >= 15 is 0 Å². The maximum Gasteiger partial charge on any atom is 0.138 e.